The highest BCUT2D eigenvalue weighted by molar-refractivity contribution is 6.74. The molecule has 3 heteroatoms. The lowest BCUT2D eigenvalue weighted by Crippen LogP contribution is -2.45. The molecule has 0 rings (SSSR count). The van der Waals surface area contributed by atoms with Gasteiger partial charge in [-0.05, 0) is 36.9 Å². The Morgan fingerprint density at radius 2 is 1.65 bits per heavy atom. The summed E-state index contributed by atoms with van der Waals surface area (Å²) < 4.78 is 6.54. The quantitative estimate of drug-likeness (QED) is 0.434. The van der Waals surface area contributed by atoms with Gasteiger partial charge in [-0.25, -0.2) is 0 Å². The maximum atomic E-state index is 9.33. The van der Waals surface area contributed by atoms with Gasteiger partial charge in [0, 0.05) is 12.7 Å². The first kappa shape index (κ1) is 20.1. The van der Waals surface area contributed by atoms with Gasteiger partial charge in [0.1, 0.15) is 0 Å². The molecular weight excluding hydrogens is 264 g/mol. The molecule has 0 saturated heterocycles. The van der Waals surface area contributed by atoms with E-state index in [-0.39, 0.29) is 17.7 Å². The highest BCUT2D eigenvalue weighted by Gasteiger charge is 2.39. The number of aliphatic hydroxyl groups excluding tert-OH is 1. The average molecular weight is 303 g/mol. The van der Waals surface area contributed by atoms with Crippen LogP contribution in [0.2, 0.25) is 18.1 Å². The third-order valence-corrected chi connectivity index (χ3v) is 9.32. The Kier molecular flexibility index (Phi) is 9.28. The largest absolute Gasteiger partial charge is 0.414 e. The van der Waals surface area contributed by atoms with Crippen LogP contribution < -0.4 is 0 Å². The molecule has 0 unspecified atom stereocenters. The summed E-state index contributed by atoms with van der Waals surface area (Å²) in [6, 6.07) is 0. The van der Waals surface area contributed by atoms with Crippen LogP contribution in [0.4, 0.5) is 0 Å². The van der Waals surface area contributed by atoms with Gasteiger partial charge < -0.3 is 9.53 Å². The van der Waals surface area contributed by atoms with E-state index < -0.39 is 8.32 Å². The van der Waals surface area contributed by atoms with Crippen LogP contribution in [0.5, 0.6) is 0 Å². The predicted octanol–water partition coefficient (Wildman–Crippen LogP) is 5.37. The van der Waals surface area contributed by atoms with E-state index in [4.69, 9.17) is 4.43 Å². The van der Waals surface area contributed by atoms with E-state index in [0.29, 0.717) is 5.92 Å². The first-order valence-electron chi connectivity index (χ1n) is 8.44. The van der Waals surface area contributed by atoms with Gasteiger partial charge in [-0.15, -0.1) is 0 Å². The third-order valence-electron chi connectivity index (χ3n) is 4.81. The lowest BCUT2D eigenvalue weighted by molar-refractivity contribution is 0.0894. The van der Waals surface area contributed by atoms with Crippen LogP contribution in [-0.2, 0) is 4.43 Å². The fourth-order valence-electron chi connectivity index (χ4n) is 2.22. The molecule has 1 N–H and O–H groups in total. The van der Waals surface area contributed by atoms with Crippen molar-refractivity contribution in [3.05, 3.63) is 0 Å². The zero-order chi connectivity index (χ0) is 15.8. The highest BCUT2D eigenvalue weighted by atomic mass is 28.4. The first-order chi connectivity index (χ1) is 9.15. The zero-order valence-corrected chi connectivity index (χ0v) is 16.0. The van der Waals surface area contributed by atoms with Crippen LogP contribution >= 0.6 is 0 Å². The van der Waals surface area contributed by atoms with Gasteiger partial charge in [0.15, 0.2) is 8.32 Å². The molecule has 0 aliphatic rings. The van der Waals surface area contributed by atoms with Crippen LogP contribution in [-0.4, -0.2) is 26.1 Å². The summed E-state index contributed by atoms with van der Waals surface area (Å²) in [5.41, 5.74) is 0. The number of aliphatic hydroxyl groups is 1. The molecule has 0 radical (unpaired) electrons. The molecule has 20 heavy (non-hydrogen) atoms. The molecule has 0 bridgehead atoms. The van der Waals surface area contributed by atoms with Crippen molar-refractivity contribution in [1.82, 2.24) is 0 Å². The summed E-state index contributed by atoms with van der Waals surface area (Å²) in [5, 5.41) is 9.57. The minimum Gasteiger partial charge on any atom is -0.414 e. The molecule has 0 aromatic heterocycles. The fraction of sp³-hybridized carbons (Fsp3) is 1.00. The standard InChI is InChI=1S/C17H38O2Si/c1-8-9-10-11-12-15(2)16(13-14-18)19-20(6,7)17(3,4)5/h15-16,18H,8-14H2,1-7H3/t15-,16-/m0/s1. The average Bonchev–Trinajstić information content (AvgIpc) is 2.32. The Labute approximate surface area is 128 Å². The van der Waals surface area contributed by atoms with E-state index in [1.54, 1.807) is 0 Å². The van der Waals surface area contributed by atoms with Crippen molar-refractivity contribution in [2.75, 3.05) is 6.61 Å². The summed E-state index contributed by atoms with van der Waals surface area (Å²) in [7, 11) is -1.73. The Balaban J connectivity index is 4.47. The number of rotatable bonds is 10. The second-order valence-electron chi connectivity index (χ2n) is 7.76. The van der Waals surface area contributed by atoms with E-state index in [2.05, 4.69) is 47.7 Å². The molecule has 122 valence electrons. The van der Waals surface area contributed by atoms with E-state index in [0.717, 1.165) is 6.42 Å². The highest BCUT2D eigenvalue weighted by Crippen LogP contribution is 2.38. The van der Waals surface area contributed by atoms with Crippen molar-refractivity contribution in [2.24, 2.45) is 5.92 Å². The molecular formula is C17H38O2Si. The minimum absolute atomic E-state index is 0.225. The molecule has 0 fully saturated rings. The number of unbranched alkanes of at least 4 members (excludes halogenated alkanes) is 3. The lowest BCUT2D eigenvalue weighted by Gasteiger charge is -2.41. The Morgan fingerprint density at radius 1 is 1.05 bits per heavy atom. The topological polar surface area (TPSA) is 29.5 Å². The van der Waals surface area contributed by atoms with Gasteiger partial charge in [-0.3, -0.25) is 0 Å². The molecule has 0 amide bonds. The van der Waals surface area contributed by atoms with Crippen LogP contribution in [0.25, 0.3) is 0 Å². The van der Waals surface area contributed by atoms with E-state index in [1.807, 2.05) is 0 Å². The summed E-state index contributed by atoms with van der Waals surface area (Å²) in [4.78, 5) is 0. The Bertz CT molecular complexity index is 246. The van der Waals surface area contributed by atoms with Crippen molar-refractivity contribution in [2.45, 2.75) is 97.4 Å². The SMILES string of the molecule is CCCCCC[C@H](C)[C@H](CCO)O[Si](C)(C)C(C)(C)C. The first-order valence-corrected chi connectivity index (χ1v) is 11.3. The van der Waals surface area contributed by atoms with Crippen LogP contribution in [0.3, 0.4) is 0 Å². The maximum absolute atomic E-state index is 9.33. The second-order valence-corrected chi connectivity index (χ2v) is 12.5. The van der Waals surface area contributed by atoms with Crippen molar-refractivity contribution in [3.8, 4) is 0 Å². The Morgan fingerprint density at radius 3 is 2.10 bits per heavy atom. The summed E-state index contributed by atoms with van der Waals surface area (Å²) in [6.07, 6.45) is 7.46. The molecule has 2 atom stereocenters. The predicted molar refractivity (Wildman–Crippen MR) is 91.7 cm³/mol. The van der Waals surface area contributed by atoms with Gasteiger partial charge in [-0.2, -0.15) is 0 Å². The van der Waals surface area contributed by atoms with Gasteiger partial charge >= 0.3 is 0 Å². The van der Waals surface area contributed by atoms with Crippen molar-refractivity contribution < 1.29 is 9.53 Å². The number of hydrogen-bond donors (Lipinski definition) is 1. The summed E-state index contributed by atoms with van der Waals surface area (Å²) >= 11 is 0. The van der Waals surface area contributed by atoms with E-state index in [9.17, 15) is 5.11 Å². The molecule has 2 nitrogen and oxygen atoms in total. The van der Waals surface area contributed by atoms with Crippen LogP contribution in [0, 0.1) is 5.92 Å². The van der Waals surface area contributed by atoms with Crippen molar-refractivity contribution in [1.29, 1.82) is 0 Å². The molecule has 0 saturated carbocycles. The van der Waals surface area contributed by atoms with Crippen LogP contribution in [0.1, 0.15) is 73.1 Å². The maximum Gasteiger partial charge on any atom is 0.192 e. The zero-order valence-electron chi connectivity index (χ0n) is 15.0. The van der Waals surface area contributed by atoms with E-state index >= 15 is 0 Å². The normalized spacial score (nSPS) is 16.2. The smallest absolute Gasteiger partial charge is 0.192 e. The van der Waals surface area contributed by atoms with Crippen molar-refractivity contribution in [3.63, 3.8) is 0 Å². The van der Waals surface area contributed by atoms with Crippen molar-refractivity contribution >= 4 is 8.32 Å². The van der Waals surface area contributed by atoms with E-state index in [1.165, 1.54) is 32.1 Å². The minimum atomic E-state index is -1.73. The second kappa shape index (κ2) is 9.21. The molecule has 0 aromatic rings. The van der Waals surface area contributed by atoms with Crippen LogP contribution in [0.15, 0.2) is 0 Å². The molecule has 0 aliphatic heterocycles. The fourth-order valence-corrected chi connectivity index (χ4v) is 3.68. The summed E-state index contributed by atoms with van der Waals surface area (Å²) in [6.45, 7) is 16.2. The molecule has 0 aliphatic carbocycles. The summed E-state index contributed by atoms with van der Waals surface area (Å²) in [5.74, 6) is 0.549. The van der Waals surface area contributed by atoms with Gasteiger partial charge in [0.05, 0.1) is 0 Å². The third kappa shape index (κ3) is 7.23. The molecule has 0 heterocycles. The lowest BCUT2D eigenvalue weighted by atomic mass is 9.95. The molecule has 0 aromatic carbocycles. The van der Waals surface area contributed by atoms with Gasteiger partial charge in [-0.1, -0.05) is 60.3 Å². The monoisotopic (exact) mass is 302 g/mol. The number of hydrogen-bond acceptors (Lipinski definition) is 2. The Hall–Kier alpha value is 0.137. The van der Waals surface area contributed by atoms with Gasteiger partial charge in [0.25, 0.3) is 0 Å². The van der Waals surface area contributed by atoms with Gasteiger partial charge in [0.2, 0.25) is 0 Å². The molecule has 0 spiro atoms.